The molecule has 0 aliphatic rings. The van der Waals surface area contributed by atoms with Crippen molar-refractivity contribution in [2.45, 2.75) is 10.8 Å². The van der Waals surface area contributed by atoms with Gasteiger partial charge in [0.1, 0.15) is 4.88 Å². The van der Waals surface area contributed by atoms with Crippen LogP contribution < -0.4 is 9.46 Å². The number of sulfonamides is 1. The van der Waals surface area contributed by atoms with Crippen LogP contribution in [-0.2, 0) is 21.3 Å². The van der Waals surface area contributed by atoms with Crippen molar-refractivity contribution in [1.82, 2.24) is 9.10 Å². The summed E-state index contributed by atoms with van der Waals surface area (Å²) in [5.41, 5.74) is 0.757. The maximum Gasteiger partial charge on any atom is 0.348 e. The summed E-state index contributed by atoms with van der Waals surface area (Å²) in [5.74, 6) is -0.502. The third-order valence-electron chi connectivity index (χ3n) is 2.47. The molecule has 21 heavy (non-hydrogen) atoms. The van der Waals surface area contributed by atoms with Crippen molar-refractivity contribution in [1.29, 1.82) is 0 Å². The molecule has 0 saturated heterocycles. The minimum atomic E-state index is -3.79. The van der Waals surface area contributed by atoms with Crippen LogP contribution in [0.2, 0.25) is 0 Å². The molecule has 0 aliphatic heterocycles. The zero-order valence-electron chi connectivity index (χ0n) is 11.2. The summed E-state index contributed by atoms with van der Waals surface area (Å²) in [4.78, 5) is 11.6. The van der Waals surface area contributed by atoms with Crippen LogP contribution in [0, 0.1) is 0 Å². The molecular weight excluding hydrogens is 336 g/mol. The Labute approximate surface area is 129 Å². The van der Waals surface area contributed by atoms with E-state index in [0.29, 0.717) is 0 Å². The summed E-state index contributed by atoms with van der Waals surface area (Å²) in [6, 6.07) is 1.34. The van der Waals surface area contributed by atoms with Crippen LogP contribution in [0.1, 0.15) is 15.2 Å². The first-order valence-electron chi connectivity index (χ1n) is 5.62. The Hall–Kier alpha value is -1.49. The van der Waals surface area contributed by atoms with Crippen LogP contribution in [-0.4, -0.2) is 33.0 Å². The fourth-order valence-electron chi connectivity index (χ4n) is 1.45. The molecule has 114 valence electrons. The van der Waals surface area contributed by atoms with E-state index in [1.807, 2.05) is 0 Å². The summed E-state index contributed by atoms with van der Waals surface area (Å²) in [6.07, 6.45) is 1.58. The number of carbonyl (C=O) groups excluding carboxylic acids is 1. The number of esters is 1. The van der Waals surface area contributed by atoms with Gasteiger partial charge in [0.05, 0.1) is 14.2 Å². The quantitative estimate of drug-likeness (QED) is 0.795. The van der Waals surface area contributed by atoms with E-state index in [1.54, 1.807) is 11.6 Å². The molecule has 0 bridgehead atoms. The van der Waals surface area contributed by atoms with Crippen molar-refractivity contribution in [3.05, 3.63) is 28.1 Å². The highest BCUT2D eigenvalue weighted by Crippen LogP contribution is 2.33. The highest BCUT2D eigenvalue weighted by Gasteiger charge is 2.25. The summed E-state index contributed by atoms with van der Waals surface area (Å²) < 4.78 is 40.4. The Morgan fingerprint density at radius 2 is 2.19 bits per heavy atom. The maximum absolute atomic E-state index is 12.3. The van der Waals surface area contributed by atoms with Gasteiger partial charge in [-0.3, -0.25) is 0 Å². The molecule has 2 aromatic heterocycles. The Kier molecular flexibility index (Phi) is 4.93. The van der Waals surface area contributed by atoms with E-state index in [-0.39, 0.29) is 21.4 Å². The highest BCUT2D eigenvalue weighted by atomic mass is 32.2. The van der Waals surface area contributed by atoms with Gasteiger partial charge in [0.25, 0.3) is 10.0 Å². The molecule has 0 radical (unpaired) electrons. The Balaban J connectivity index is 2.26. The predicted molar refractivity (Wildman–Crippen MR) is 78.4 cm³/mol. The van der Waals surface area contributed by atoms with E-state index in [4.69, 9.17) is 4.74 Å². The van der Waals surface area contributed by atoms with Crippen LogP contribution in [0.25, 0.3) is 0 Å². The first-order chi connectivity index (χ1) is 9.97. The molecule has 2 heterocycles. The lowest BCUT2D eigenvalue weighted by molar-refractivity contribution is 0.0606. The van der Waals surface area contributed by atoms with Gasteiger partial charge in [0, 0.05) is 24.2 Å². The fraction of sp³-hybridized carbons (Fsp3) is 0.273. The molecular formula is C11H12N2O5S3. The minimum absolute atomic E-state index is 0.0615. The van der Waals surface area contributed by atoms with Crippen molar-refractivity contribution in [3.8, 4) is 5.75 Å². The molecule has 0 unspecified atom stereocenters. The third-order valence-corrected chi connectivity index (χ3v) is 6.11. The van der Waals surface area contributed by atoms with E-state index in [1.165, 1.54) is 31.8 Å². The third kappa shape index (κ3) is 3.59. The van der Waals surface area contributed by atoms with Gasteiger partial charge < -0.3 is 9.47 Å². The van der Waals surface area contributed by atoms with Crippen LogP contribution in [0.5, 0.6) is 5.75 Å². The van der Waals surface area contributed by atoms with E-state index in [9.17, 15) is 13.2 Å². The van der Waals surface area contributed by atoms with Gasteiger partial charge in [0.2, 0.25) is 0 Å². The molecule has 0 aromatic carbocycles. The largest absolute Gasteiger partial charge is 0.494 e. The number of ether oxygens (including phenoxy) is 2. The second kappa shape index (κ2) is 6.52. The Morgan fingerprint density at radius 3 is 2.76 bits per heavy atom. The van der Waals surface area contributed by atoms with Crippen LogP contribution >= 0.6 is 22.9 Å². The van der Waals surface area contributed by atoms with Gasteiger partial charge in [0.15, 0.2) is 9.96 Å². The molecule has 1 N–H and O–H groups in total. The Morgan fingerprint density at radius 1 is 1.43 bits per heavy atom. The number of nitrogens with zero attached hydrogens (tertiary/aromatic N) is 1. The second-order valence-electron chi connectivity index (χ2n) is 3.82. The molecule has 0 saturated carbocycles. The van der Waals surface area contributed by atoms with E-state index in [0.717, 1.165) is 16.9 Å². The lowest BCUT2D eigenvalue weighted by atomic mass is 10.4. The van der Waals surface area contributed by atoms with E-state index < -0.39 is 16.0 Å². The minimum Gasteiger partial charge on any atom is -0.494 e. The SMILES string of the molecule is COC(=O)c1cc(OC)c(S(=O)(=O)NCc2cnsc2)s1. The van der Waals surface area contributed by atoms with Gasteiger partial charge >= 0.3 is 5.97 Å². The normalized spacial score (nSPS) is 11.3. The molecule has 2 aromatic rings. The first kappa shape index (κ1) is 15.9. The molecule has 0 atom stereocenters. The average molecular weight is 348 g/mol. The highest BCUT2D eigenvalue weighted by molar-refractivity contribution is 7.91. The van der Waals surface area contributed by atoms with Crippen molar-refractivity contribution in [2.75, 3.05) is 14.2 Å². The number of aromatic nitrogens is 1. The number of carbonyl (C=O) groups is 1. The summed E-state index contributed by atoms with van der Waals surface area (Å²) in [6.45, 7) is 0.118. The van der Waals surface area contributed by atoms with E-state index >= 15 is 0 Å². The molecule has 0 spiro atoms. The topological polar surface area (TPSA) is 94.6 Å². The number of thiophene rings is 1. The van der Waals surface area contributed by atoms with Gasteiger partial charge in [-0.1, -0.05) is 0 Å². The molecule has 2 rings (SSSR count). The molecule has 7 nitrogen and oxygen atoms in total. The fourth-order valence-corrected chi connectivity index (χ4v) is 4.54. The first-order valence-corrected chi connectivity index (χ1v) is 8.75. The smallest absolute Gasteiger partial charge is 0.348 e. The maximum atomic E-state index is 12.3. The molecule has 0 aliphatic carbocycles. The number of hydrogen-bond acceptors (Lipinski definition) is 8. The number of nitrogens with one attached hydrogen (secondary N) is 1. The zero-order chi connectivity index (χ0) is 15.5. The number of hydrogen-bond donors (Lipinski definition) is 1. The average Bonchev–Trinajstić information content (AvgIpc) is 3.13. The Bertz CT molecular complexity index is 721. The standard InChI is InChI=1S/C11H12N2O5S3/c1-17-8-3-9(10(14)18-2)20-11(8)21(15,16)13-5-7-4-12-19-6-7/h3-4,6,13H,5H2,1-2H3. The lowest BCUT2D eigenvalue weighted by Gasteiger charge is -2.05. The monoisotopic (exact) mass is 348 g/mol. The molecule has 0 amide bonds. The molecule has 10 heteroatoms. The zero-order valence-corrected chi connectivity index (χ0v) is 13.6. The summed E-state index contributed by atoms with van der Waals surface area (Å²) in [5, 5.41) is 1.74. The molecule has 0 fully saturated rings. The van der Waals surface area contributed by atoms with Crippen molar-refractivity contribution in [2.24, 2.45) is 0 Å². The van der Waals surface area contributed by atoms with Crippen molar-refractivity contribution >= 4 is 38.9 Å². The van der Waals surface area contributed by atoms with Gasteiger partial charge in [-0.25, -0.2) is 22.3 Å². The lowest BCUT2D eigenvalue weighted by Crippen LogP contribution is -2.22. The van der Waals surface area contributed by atoms with E-state index in [2.05, 4.69) is 13.8 Å². The van der Waals surface area contributed by atoms with Gasteiger partial charge in [-0.15, -0.1) is 11.3 Å². The van der Waals surface area contributed by atoms with Crippen LogP contribution in [0.3, 0.4) is 0 Å². The van der Waals surface area contributed by atoms with Crippen LogP contribution in [0.4, 0.5) is 0 Å². The number of rotatable bonds is 6. The van der Waals surface area contributed by atoms with Crippen molar-refractivity contribution < 1.29 is 22.7 Å². The number of methoxy groups -OCH3 is 2. The summed E-state index contributed by atoms with van der Waals surface area (Å²) >= 11 is 2.03. The van der Waals surface area contributed by atoms with Crippen molar-refractivity contribution in [3.63, 3.8) is 0 Å². The van der Waals surface area contributed by atoms with Gasteiger partial charge in [-0.05, 0) is 17.1 Å². The summed E-state index contributed by atoms with van der Waals surface area (Å²) in [7, 11) is -1.22. The predicted octanol–water partition coefficient (Wildman–Crippen LogP) is 1.48. The second-order valence-corrected chi connectivity index (χ2v) is 7.49. The van der Waals surface area contributed by atoms with Gasteiger partial charge in [-0.2, -0.15) is 0 Å². The van der Waals surface area contributed by atoms with Crippen LogP contribution in [0.15, 0.2) is 21.9 Å².